The number of hydrogen-bond acceptors (Lipinski definition) is 5. The maximum absolute atomic E-state index is 12.3. The first kappa shape index (κ1) is 20.7. The minimum Gasteiger partial charge on any atom is -0.393 e. The zero-order valence-corrected chi connectivity index (χ0v) is 19.0. The van der Waals surface area contributed by atoms with Crippen molar-refractivity contribution in [2.45, 2.75) is 89.3 Å². The van der Waals surface area contributed by atoms with E-state index in [0.29, 0.717) is 22.9 Å². The summed E-state index contributed by atoms with van der Waals surface area (Å²) in [5, 5.41) is 25.2. The van der Waals surface area contributed by atoms with Gasteiger partial charge in [0.1, 0.15) is 0 Å². The van der Waals surface area contributed by atoms with Crippen molar-refractivity contribution in [1.82, 2.24) is 4.98 Å². The maximum Gasteiger partial charge on any atom is 0.212 e. The van der Waals surface area contributed by atoms with Gasteiger partial charge in [0.15, 0.2) is 5.96 Å². The number of aliphatic imine (C=N–C) groups is 1. The Morgan fingerprint density at radius 2 is 1.90 bits per heavy atom. The third-order valence-corrected chi connectivity index (χ3v) is 10.7. The van der Waals surface area contributed by atoms with Crippen molar-refractivity contribution in [1.29, 1.82) is 0 Å². The second-order valence-electron chi connectivity index (χ2n) is 11.0. The molecular formula is C23H36N4O2S. The van der Waals surface area contributed by atoms with Gasteiger partial charge in [0, 0.05) is 16.7 Å². The Bertz CT molecular complexity index is 854. The van der Waals surface area contributed by atoms with Gasteiger partial charge in [-0.05, 0) is 81.0 Å². The third-order valence-electron chi connectivity index (χ3n) is 9.92. The zero-order valence-electron chi connectivity index (χ0n) is 18.2. The van der Waals surface area contributed by atoms with Crippen molar-refractivity contribution in [2.75, 3.05) is 0 Å². The lowest BCUT2D eigenvalue weighted by molar-refractivity contribution is -0.205. The van der Waals surface area contributed by atoms with Gasteiger partial charge in [-0.25, -0.2) is 4.98 Å². The number of thiazole rings is 1. The summed E-state index contributed by atoms with van der Waals surface area (Å²) < 4.78 is 0. The molecule has 0 aliphatic heterocycles. The molecule has 8 atom stereocenters. The number of nitrogens with two attached hydrogens (primary N) is 2. The molecular weight excluding hydrogens is 396 g/mol. The molecule has 0 bridgehead atoms. The predicted octanol–water partition coefficient (Wildman–Crippen LogP) is 3.65. The number of nitrogens with zero attached hydrogens (tertiary/aromatic N) is 2. The Hall–Kier alpha value is -1.18. The van der Waals surface area contributed by atoms with Crippen LogP contribution >= 0.6 is 11.3 Å². The number of aliphatic hydroxyl groups is 2. The monoisotopic (exact) mass is 432 g/mol. The second kappa shape index (κ2) is 6.91. The van der Waals surface area contributed by atoms with Crippen LogP contribution in [0.1, 0.15) is 83.2 Å². The zero-order chi connectivity index (χ0) is 21.3. The molecule has 0 amide bonds. The van der Waals surface area contributed by atoms with Crippen LogP contribution in [0.4, 0.5) is 5.13 Å². The summed E-state index contributed by atoms with van der Waals surface area (Å²) in [7, 11) is 0. The van der Waals surface area contributed by atoms with Gasteiger partial charge in [0.25, 0.3) is 0 Å². The normalized spacial score (nSPS) is 47.8. The summed E-state index contributed by atoms with van der Waals surface area (Å²) in [5.41, 5.74) is 11.6. The minimum absolute atomic E-state index is 0.0353. The Morgan fingerprint density at radius 3 is 2.67 bits per heavy atom. The summed E-state index contributed by atoms with van der Waals surface area (Å²) >= 11 is 1.47. The summed E-state index contributed by atoms with van der Waals surface area (Å²) in [5.74, 6) is 1.81. The molecule has 4 fully saturated rings. The van der Waals surface area contributed by atoms with Gasteiger partial charge in [-0.1, -0.05) is 13.8 Å². The summed E-state index contributed by atoms with van der Waals surface area (Å²) in [6.07, 6.45) is 9.11. The number of guanidine groups is 1. The van der Waals surface area contributed by atoms with Gasteiger partial charge in [0.05, 0.1) is 17.4 Å². The fourth-order valence-corrected chi connectivity index (χ4v) is 9.03. The van der Waals surface area contributed by atoms with E-state index in [1.165, 1.54) is 17.8 Å². The topological polar surface area (TPSA) is 118 Å². The average Bonchev–Trinajstić information content (AvgIpc) is 3.23. The summed E-state index contributed by atoms with van der Waals surface area (Å²) in [6, 6.07) is 0. The molecule has 7 heteroatoms. The van der Waals surface area contributed by atoms with Crippen LogP contribution in [-0.4, -0.2) is 32.9 Å². The van der Waals surface area contributed by atoms with E-state index in [4.69, 9.17) is 16.5 Å². The SMILES string of the molecule is C[C@]12CC[C@H](O)C[C@H]1CCC1C2CC[C@]2(C)[C@@H](c3csc(N=C(N)N)n3)CC[C@]12O. The van der Waals surface area contributed by atoms with Gasteiger partial charge in [-0.15, -0.1) is 11.3 Å². The van der Waals surface area contributed by atoms with E-state index in [1.54, 1.807) is 0 Å². The third kappa shape index (κ3) is 2.81. The van der Waals surface area contributed by atoms with E-state index >= 15 is 0 Å². The molecule has 6 nitrogen and oxygen atoms in total. The first-order valence-corrected chi connectivity index (χ1v) is 12.5. The van der Waals surface area contributed by atoms with Crippen LogP contribution in [0.5, 0.6) is 0 Å². The largest absolute Gasteiger partial charge is 0.393 e. The molecule has 30 heavy (non-hydrogen) atoms. The van der Waals surface area contributed by atoms with E-state index in [9.17, 15) is 10.2 Å². The minimum atomic E-state index is -0.634. The molecule has 1 aromatic rings. The van der Waals surface area contributed by atoms with Crippen molar-refractivity contribution >= 4 is 22.4 Å². The van der Waals surface area contributed by atoms with Crippen LogP contribution in [-0.2, 0) is 0 Å². The van der Waals surface area contributed by atoms with Gasteiger partial charge in [0.2, 0.25) is 5.13 Å². The van der Waals surface area contributed by atoms with Crippen LogP contribution in [0, 0.1) is 28.6 Å². The van der Waals surface area contributed by atoms with Crippen LogP contribution in [0.2, 0.25) is 0 Å². The van der Waals surface area contributed by atoms with E-state index in [2.05, 4.69) is 24.2 Å². The Morgan fingerprint density at radius 1 is 1.10 bits per heavy atom. The number of rotatable bonds is 2. The Balaban J connectivity index is 1.45. The summed E-state index contributed by atoms with van der Waals surface area (Å²) in [6.45, 7) is 4.76. The molecule has 4 aliphatic rings. The highest BCUT2D eigenvalue weighted by molar-refractivity contribution is 7.13. The maximum atomic E-state index is 12.3. The van der Waals surface area contributed by atoms with Crippen molar-refractivity contribution in [3.8, 4) is 0 Å². The van der Waals surface area contributed by atoms with Crippen molar-refractivity contribution in [3.63, 3.8) is 0 Å². The molecule has 4 aliphatic carbocycles. The van der Waals surface area contributed by atoms with Gasteiger partial charge >= 0.3 is 0 Å². The molecule has 5 rings (SSSR count). The lowest BCUT2D eigenvalue weighted by Crippen LogP contribution is -2.62. The average molecular weight is 433 g/mol. The van der Waals surface area contributed by atoms with Gasteiger partial charge in [-0.2, -0.15) is 4.99 Å². The first-order chi connectivity index (χ1) is 14.2. The Labute approximate surface area is 183 Å². The first-order valence-electron chi connectivity index (χ1n) is 11.6. The molecule has 1 aromatic heterocycles. The molecule has 166 valence electrons. The van der Waals surface area contributed by atoms with E-state index in [1.807, 2.05) is 0 Å². The number of hydrogen-bond donors (Lipinski definition) is 4. The molecule has 6 N–H and O–H groups in total. The Kier molecular flexibility index (Phi) is 4.77. The van der Waals surface area contributed by atoms with Crippen molar-refractivity contribution in [2.24, 2.45) is 45.0 Å². The molecule has 4 saturated carbocycles. The molecule has 0 saturated heterocycles. The smallest absolute Gasteiger partial charge is 0.212 e. The van der Waals surface area contributed by atoms with Crippen LogP contribution in [0.15, 0.2) is 10.4 Å². The molecule has 0 radical (unpaired) electrons. The highest BCUT2D eigenvalue weighted by atomic mass is 32.1. The van der Waals surface area contributed by atoms with E-state index in [0.717, 1.165) is 57.1 Å². The number of fused-ring (bicyclic) bond motifs is 5. The fraction of sp³-hybridized carbons (Fsp3) is 0.826. The standard InChI is InChI=1S/C23H36N4O2S/c1-21-8-5-14(28)11-13(21)3-4-16-15(21)6-9-22(2)17(7-10-23(16,22)29)18-12-30-20(26-18)27-19(24)25/h12-17,28-29H,3-11H2,1-2H3,(H4,24,25,26,27)/t13-,14+,15?,16?,17-,21+,22-,23+/m1/s1. The lowest BCUT2D eigenvalue weighted by atomic mass is 9.43. The van der Waals surface area contributed by atoms with Crippen molar-refractivity contribution < 1.29 is 10.2 Å². The second-order valence-corrected chi connectivity index (χ2v) is 11.8. The fourth-order valence-electron chi connectivity index (χ4n) is 8.27. The summed E-state index contributed by atoms with van der Waals surface area (Å²) in [4.78, 5) is 8.84. The molecule has 0 spiro atoms. The molecule has 1 heterocycles. The lowest BCUT2D eigenvalue weighted by Gasteiger charge is -2.63. The van der Waals surface area contributed by atoms with Crippen molar-refractivity contribution in [3.05, 3.63) is 11.1 Å². The van der Waals surface area contributed by atoms with Gasteiger partial charge < -0.3 is 21.7 Å². The van der Waals surface area contributed by atoms with Crippen LogP contribution in [0.3, 0.4) is 0 Å². The highest BCUT2D eigenvalue weighted by Gasteiger charge is 2.67. The molecule has 2 unspecified atom stereocenters. The van der Waals surface area contributed by atoms with E-state index in [-0.39, 0.29) is 28.8 Å². The molecule has 0 aromatic carbocycles. The highest BCUT2D eigenvalue weighted by Crippen LogP contribution is 2.70. The number of aromatic nitrogens is 1. The van der Waals surface area contributed by atoms with Crippen LogP contribution in [0.25, 0.3) is 0 Å². The quantitative estimate of drug-likeness (QED) is 0.420. The van der Waals surface area contributed by atoms with Crippen LogP contribution < -0.4 is 11.5 Å². The van der Waals surface area contributed by atoms with E-state index < -0.39 is 5.60 Å². The number of aliphatic hydroxyl groups excluding tert-OH is 1. The van der Waals surface area contributed by atoms with Gasteiger partial charge in [-0.3, -0.25) is 0 Å². The predicted molar refractivity (Wildman–Crippen MR) is 120 cm³/mol.